The zero-order valence-corrected chi connectivity index (χ0v) is 14.5. The highest BCUT2D eigenvalue weighted by Crippen LogP contribution is 2.46. The van der Waals surface area contributed by atoms with E-state index in [1.54, 1.807) is 6.20 Å². The molecule has 0 saturated heterocycles. The molecule has 6 heteroatoms. The molecule has 1 saturated carbocycles. The quantitative estimate of drug-likeness (QED) is 0.792. The van der Waals surface area contributed by atoms with Gasteiger partial charge in [0, 0.05) is 31.7 Å². The van der Waals surface area contributed by atoms with Gasteiger partial charge in [-0.2, -0.15) is 0 Å². The van der Waals surface area contributed by atoms with Crippen molar-refractivity contribution in [3.05, 3.63) is 54.4 Å². The van der Waals surface area contributed by atoms with E-state index in [4.69, 9.17) is 0 Å². The van der Waals surface area contributed by atoms with E-state index in [9.17, 15) is 9.59 Å². The smallest absolute Gasteiger partial charge is 0.240 e. The van der Waals surface area contributed by atoms with Gasteiger partial charge in [0.25, 0.3) is 0 Å². The number of rotatable bonds is 6. The number of pyridine rings is 1. The second kappa shape index (κ2) is 6.93. The van der Waals surface area contributed by atoms with E-state index in [0.29, 0.717) is 25.1 Å². The zero-order chi connectivity index (χ0) is 17.9. The second-order valence-electron chi connectivity index (χ2n) is 6.48. The highest BCUT2D eigenvalue weighted by molar-refractivity contribution is 6.13. The van der Waals surface area contributed by atoms with Crippen LogP contribution in [-0.4, -0.2) is 30.9 Å². The summed E-state index contributed by atoms with van der Waals surface area (Å²) >= 11 is 0. The van der Waals surface area contributed by atoms with Gasteiger partial charge in [-0.05, 0) is 49.2 Å². The fourth-order valence-corrected chi connectivity index (χ4v) is 2.62. The van der Waals surface area contributed by atoms with E-state index in [1.165, 1.54) is 0 Å². The minimum atomic E-state index is -0.949. The molecular weight excluding hydrogens is 316 g/mol. The van der Waals surface area contributed by atoms with Crippen LogP contribution in [0.25, 0.3) is 0 Å². The summed E-state index contributed by atoms with van der Waals surface area (Å²) in [7, 11) is 3.91. The third kappa shape index (κ3) is 3.79. The molecule has 1 fully saturated rings. The average Bonchev–Trinajstić information content (AvgIpc) is 3.43. The summed E-state index contributed by atoms with van der Waals surface area (Å²) < 4.78 is 0. The van der Waals surface area contributed by atoms with Crippen molar-refractivity contribution < 1.29 is 9.59 Å². The third-order valence-corrected chi connectivity index (χ3v) is 4.42. The van der Waals surface area contributed by atoms with E-state index in [2.05, 4.69) is 15.6 Å². The first kappa shape index (κ1) is 17.0. The maximum Gasteiger partial charge on any atom is 0.240 e. The highest BCUT2D eigenvalue weighted by Gasteiger charge is 2.56. The summed E-state index contributed by atoms with van der Waals surface area (Å²) in [6.07, 6.45) is 2.82. The van der Waals surface area contributed by atoms with Crippen molar-refractivity contribution in [1.82, 2.24) is 10.3 Å². The third-order valence-electron chi connectivity index (χ3n) is 4.42. The van der Waals surface area contributed by atoms with Crippen molar-refractivity contribution >= 4 is 23.2 Å². The largest absolute Gasteiger partial charge is 0.378 e. The number of carbonyl (C=O) groups excluding carboxylic acids is 2. The molecule has 1 aliphatic carbocycles. The Hall–Kier alpha value is -2.89. The van der Waals surface area contributed by atoms with Crippen molar-refractivity contribution in [2.45, 2.75) is 19.4 Å². The number of nitrogens with one attached hydrogen (secondary N) is 2. The first-order chi connectivity index (χ1) is 12.0. The van der Waals surface area contributed by atoms with E-state index < -0.39 is 5.41 Å². The van der Waals surface area contributed by atoms with E-state index in [1.807, 2.05) is 61.5 Å². The Morgan fingerprint density at radius 3 is 2.36 bits per heavy atom. The number of carbonyl (C=O) groups is 2. The first-order valence-electron chi connectivity index (χ1n) is 8.28. The van der Waals surface area contributed by atoms with Crippen LogP contribution in [0.1, 0.15) is 18.5 Å². The average molecular weight is 338 g/mol. The SMILES string of the molecule is CN(C)c1ccc(NC(=O)C2(C(=O)NCc3ccccn3)CC2)cc1. The Kier molecular flexibility index (Phi) is 4.70. The predicted octanol–water partition coefficient (Wildman–Crippen LogP) is 2.18. The summed E-state index contributed by atoms with van der Waals surface area (Å²) in [5, 5.41) is 5.68. The van der Waals surface area contributed by atoms with Gasteiger partial charge >= 0.3 is 0 Å². The summed E-state index contributed by atoms with van der Waals surface area (Å²) in [5.74, 6) is -0.482. The normalized spacial score (nSPS) is 14.5. The number of hydrogen-bond acceptors (Lipinski definition) is 4. The first-order valence-corrected chi connectivity index (χ1v) is 8.28. The monoisotopic (exact) mass is 338 g/mol. The van der Waals surface area contributed by atoms with Crippen molar-refractivity contribution in [1.29, 1.82) is 0 Å². The van der Waals surface area contributed by atoms with Crippen LogP contribution in [-0.2, 0) is 16.1 Å². The number of anilines is 2. The molecule has 6 nitrogen and oxygen atoms in total. The van der Waals surface area contributed by atoms with Gasteiger partial charge in [-0.1, -0.05) is 6.07 Å². The van der Waals surface area contributed by atoms with Crippen LogP contribution >= 0.6 is 0 Å². The van der Waals surface area contributed by atoms with Crippen molar-refractivity contribution in [2.75, 3.05) is 24.3 Å². The lowest BCUT2D eigenvalue weighted by Gasteiger charge is -2.16. The van der Waals surface area contributed by atoms with Gasteiger partial charge in [0.2, 0.25) is 11.8 Å². The fraction of sp³-hybridized carbons (Fsp3) is 0.316. The van der Waals surface area contributed by atoms with Gasteiger partial charge in [0.1, 0.15) is 5.41 Å². The van der Waals surface area contributed by atoms with Gasteiger partial charge in [-0.25, -0.2) is 0 Å². The zero-order valence-electron chi connectivity index (χ0n) is 14.5. The van der Waals surface area contributed by atoms with Crippen LogP contribution in [0.15, 0.2) is 48.7 Å². The lowest BCUT2D eigenvalue weighted by atomic mass is 10.0. The standard InChI is InChI=1S/C19H22N4O2/c1-23(2)16-8-6-14(7-9-16)22-18(25)19(10-11-19)17(24)21-13-15-5-3-4-12-20-15/h3-9,12H,10-11,13H2,1-2H3,(H,21,24)(H,22,25). The summed E-state index contributed by atoms with van der Waals surface area (Å²) in [6, 6.07) is 13.1. The van der Waals surface area contributed by atoms with Gasteiger partial charge in [0.15, 0.2) is 0 Å². The summed E-state index contributed by atoms with van der Waals surface area (Å²) in [6.45, 7) is 0.326. The minimum Gasteiger partial charge on any atom is -0.378 e. The van der Waals surface area contributed by atoms with Crippen molar-refractivity contribution in [3.8, 4) is 0 Å². The number of aromatic nitrogens is 1. The molecule has 1 heterocycles. The van der Waals surface area contributed by atoms with Crippen molar-refractivity contribution in [3.63, 3.8) is 0 Å². The maximum atomic E-state index is 12.6. The van der Waals surface area contributed by atoms with E-state index >= 15 is 0 Å². The number of amides is 2. The molecule has 2 aromatic rings. The molecule has 0 aliphatic heterocycles. The molecule has 0 radical (unpaired) electrons. The lowest BCUT2D eigenvalue weighted by Crippen LogP contribution is -2.39. The molecule has 130 valence electrons. The highest BCUT2D eigenvalue weighted by atomic mass is 16.2. The molecule has 3 rings (SSSR count). The number of nitrogens with zero attached hydrogens (tertiary/aromatic N) is 2. The Morgan fingerprint density at radius 2 is 1.80 bits per heavy atom. The predicted molar refractivity (Wildman–Crippen MR) is 97.1 cm³/mol. The van der Waals surface area contributed by atoms with Gasteiger partial charge in [-0.3, -0.25) is 14.6 Å². The Balaban J connectivity index is 1.59. The molecule has 1 aliphatic rings. The topological polar surface area (TPSA) is 74.3 Å². The molecule has 2 amide bonds. The van der Waals surface area contributed by atoms with Crippen LogP contribution < -0.4 is 15.5 Å². The van der Waals surface area contributed by atoms with Crippen LogP contribution in [0.3, 0.4) is 0 Å². The summed E-state index contributed by atoms with van der Waals surface area (Å²) in [5.41, 5.74) is 1.56. The molecular formula is C19H22N4O2. The lowest BCUT2D eigenvalue weighted by molar-refractivity contribution is -0.134. The van der Waals surface area contributed by atoms with Gasteiger partial charge < -0.3 is 15.5 Å². The summed E-state index contributed by atoms with van der Waals surface area (Å²) in [4.78, 5) is 31.2. The van der Waals surface area contributed by atoms with Gasteiger partial charge in [-0.15, -0.1) is 0 Å². The van der Waals surface area contributed by atoms with Gasteiger partial charge in [0.05, 0.1) is 12.2 Å². The van der Waals surface area contributed by atoms with Crippen LogP contribution in [0.2, 0.25) is 0 Å². The van der Waals surface area contributed by atoms with Crippen LogP contribution in [0.5, 0.6) is 0 Å². The van der Waals surface area contributed by atoms with Crippen LogP contribution in [0, 0.1) is 5.41 Å². The second-order valence-corrected chi connectivity index (χ2v) is 6.48. The molecule has 0 atom stereocenters. The fourth-order valence-electron chi connectivity index (χ4n) is 2.62. The number of hydrogen-bond donors (Lipinski definition) is 2. The minimum absolute atomic E-state index is 0.236. The number of benzene rings is 1. The van der Waals surface area contributed by atoms with E-state index in [0.717, 1.165) is 11.4 Å². The molecule has 0 bridgehead atoms. The molecule has 0 unspecified atom stereocenters. The Labute approximate surface area is 147 Å². The Bertz CT molecular complexity index is 753. The molecule has 2 N–H and O–H groups in total. The Morgan fingerprint density at radius 1 is 1.08 bits per heavy atom. The molecule has 1 aromatic carbocycles. The molecule has 25 heavy (non-hydrogen) atoms. The van der Waals surface area contributed by atoms with Crippen LogP contribution in [0.4, 0.5) is 11.4 Å². The maximum absolute atomic E-state index is 12.6. The van der Waals surface area contributed by atoms with Crippen molar-refractivity contribution in [2.24, 2.45) is 5.41 Å². The van der Waals surface area contributed by atoms with E-state index in [-0.39, 0.29) is 11.8 Å². The molecule has 1 aromatic heterocycles. The molecule has 0 spiro atoms.